The molecule has 1 aliphatic heterocycles. The van der Waals surface area contributed by atoms with E-state index in [-0.39, 0.29) is 18.2 Å². The Labute approximate surface area is 128 Å². The van der Waals surface area contributed by atoms with E-state index in [1.165, 1.54) is 4.90 Å². The van der Waals surface area contributed by atoms with Gasteiger partial charge in [0.1, 0.15) is 6.04 Å². The lowest BCUT2D eigenvalue weighted by Gasteiger charge is -2.16. The highest BCUT2D eigenvalue weighted by Gasteiger charge is 2.37. The Kier molecular flexibility index (Phi) is 4.30. The van der Waals surface area contributed by atoms with Crippen LogP contribution in [0.4, 0.5) is 5.69 Å². The third-order valence-corrected chi connectivity index (χ3v) is 4.32. The third kappa shape index (κ3) is 2.84. The van der Waals surface area contributed by atoms with Gasteiger partial charge in [-0.05, 0) is 63.4 Å². The predicted octanol–water partition coefficient (Wildman–Crippen LogP) is 3.08. The molecule has 0 aliphatic carbocycles. The molecule has 1 aliphatic rings. The van der Waals surface area contributed by atoms with E-state index < -0.39 is 6.04 Å². The number of carbonyl (C=O) groups excluding carboxylic acids is 2. The number of hydrogen-bond acceptors (Lipinski definition) is 3. The zero-order chi connectivity index (χ0) is 14.2. The first-order chi connectivity index (χ1) is 8.93. The van der Waals surface area contributed by atoms with Crippen LogP contribution in [-0.4, -0.2) is 29.3 Å². The van der Waals surface area contributed by atoms with Gasteiger partial charge < -0.3 is 5.32 Å². The van der Waals surface area contributed by atoms with Gasteiger partial charge in [-0.1, -0.05) is 0 Å². The molecule has 2 amide bonds. The highest BCUT2D eigenvalue weighted by molar-refractivity contribution is 9.11. The quantitative estimate of drug-likeness (QED) is 0.808. The maximum atomic E-state index is 12.1. The summed E-state index contributed by atoms with van der Waals surface area (Å²) in [4.78, 5) is 25.0. The zero-order valence-electron chi connectivity index (χ0n) is 10.7. The topological polar surface area (TPSA) is 49.4 Å². The summed E-state index contributed by atoms with van der Waals surface area (Å²) in [7, 11) is 0. The molecule has 102 valence electrons. The van der Waals surface area contributed by atoms with E-state index in [2.05, 4.69) is 37.2 Å². The summed E-state index contributed by atoms with van der Waals surface area (Å²) in [6.45, 7) is 4.21. The molecule has 6 heteroatoms. The number of anilines is 1. The van der Waals surface area contributed by atoms with E-state index in [1.54, 1.807) is 6.92 Å². The molecule has 2 rings (SSSR count). The molecule has 1 N–H and O–H groups in total. The molecule has 1 atom stereocenters. The zero-order valence-corrected chi connectivity index (χ0v) is 13.8. The van der Waals surface area contributed by atoms with Crippen molar-refractivity contribution in [1.29, 1.82) is 0 Å². The van der Waals surface area contributed by atoms with Crippen LogP contribution >= 0.6 is 31.9 Å². The average Bonchev–Trinajstić information content (AvgIpc) is 2.58. The van der Waals surface area contributed by atoms with Crippen molar-refractivity contribution >= 4 is 49.4 Å². The van der Waals surface area contributed by atoms with Crippen LogP contribution in [0.25, 0.3) is 0 Å². The van der Waals surface area contributed by atoms with Gasteiger partial charge in [-0.3, -0.25) is 14.5 Å². The van der Waals surface area contributed by atoms with Crippen molar-refractivity contribution in [2.24, 2.45) is 0 Å². The Hall–Kier alpha value is -0.880. The second kappa shape index (κ2) is 5.63. The molecular weight excluding hydrogens is 376 g/mol. The molecule has 1 aromatic carbocycles. The van der Waals surface area contributed by atoms with Gasteiger partial charge in [0.25, 0.3) is 5.91 Å². The summed E-state index contributed by atoms with van der Waals surface area (Å²) < 4.78 is 1.74. The Balaban J connectivity index is 2.24. The lowest BCUT2D eigenvalue weighted by Crippen LogP contribution is -2.34. The molecule has 1 aromatic rings. The minimum atomic E-state index is -0.484. The molecule has 0 spiro atoms. The van der Waals surface area contributed by atoms with Gasteiger partial charge in [0.15, 0.2) is 0 Å². The fourth-order valence-corrected chi connectivity index (χ4v) is 3.78. The van der Waals surface area contributed by atoms with Gasteiger partial charge in [-0.2, -0.15) is 0 Å². The van der Waals surface area contributed by atoms with E-state index in [1.807, 2.05) is 19.1 Å². The molecule has 4 nitrogen and oxygen atoms in total. The first kappa shape index (κ1) is 14.5. The first-order valence-corrected chi connectivity index (χ1v) is 7.59. The summed E-state index contributed by atoms with van der Waals surface area (Å²) >= 11 is 6.94. The Morgan fingerprint density at radius 1 is 1.32 bits per heavy atom. The van der Waals surface area contributed by atoms with Crippen LogP contribution in [0, 0.1) is 6.92 Å². The number of likely N-dealkylation sites (N-methyl/N-ethyl adjacent to an activating group) is 1. The van der Waals surface area contributed by atoms with Crippen molar-refractivity contribution in [2.45, 2.75) is 26.3 Å². The third-order valence-electron chi connectivity index (χ3n) is 3.07. The molecule has 1 unspecified atom stereocenters. The number of rotatable bonds is 3. The van der Waals surface area contributed by atoms with Crippen LogP contribution < -0.4 is 5.32 Å². The second-order valence-corrected chi connectivity index (χ2v) is 6.19. The molecule has 0 aromatic heterocycles. The monoisotopic (exact) mass is 388 g/mol. The highest BCUT2D eigenvalue weighted by atomic mass is 79.9. The van der Waals surface area contributed by atoms with Crippen LogP contribution in [0.15, 0.2) is 21.1 Å². The van der Waals surface area contributed by atoms with Crippen LogP contribution in [0.2, 0.25) is 0 Å². The SMILES string of the molecule is CCN1C(=O)CC(Nc2c(Br)cc(C)cc2Br)C1=O. The molecule has 0 radical (unpaired) electrons. The van der Waals surface area contributed by atoms with E-state index in [4.69, 9.17) is 0 Å². The van der Waals surface area contributed by atoms with Crippen molar-refractivity contribution < 1.29 is 9.59 Å². The number of nitrogens with one attached hydrogen (secondary N) is 1. The minimum Gasteiger partial charge on any atom is -0.371 e. The lowest BCUT2D eigenvalue weighted by molar-refractivity contribution is -0.138. The van der Waals surface area contributed by atoms with E-state index in [0.29, 0.717) is 6.54 Å². The summed E-state index contributed by atoms with van der Waals surface area (Å²) in [6.07, 6.45) is 0.208. The molecule has 0 saturated carbocycles. The molecule has 0 bridgehead atoms. The Morgan fingerprint density at radius 2 is 1.89 bits per heavy atom. The number of amides is 2. The maximum absolute atomic E-state index is 12.1. The molecule has 1 fully saturated rings. The normalized spacial score (nSPS) is 19.2. The second-order valence-electron chi connectivity index (χ2n) is 4.48. The van der Waals surface area contributed by atoms with Crippen LogP contribution in [0.1, 0.15) is 18.9 Å². The van der Waals surface area contributed by atoms with Crippen molar-refractivity contribution in [3.63, 3.8) is 0 Å². The summed E-state index contributed by atoms with van der Waals surface area (Å²) in [5.41, 5.74) is 1.91. The number of aryl methyl sites for hydroxylation is 1. The number of carbonyl (C=O) groups is 2. The Bertz CT molecular complexity index is 522. The van der Waals surface area contributed by atoms with Crippen LogP contribution in [0.3, 0.4) is 0 Å². The smallest absolute Gasteiger partial charge is 0.252 e. The lowest BCUT2D eigenvalue weighted by atomic mass is 10.2. The van der Waals surface area contributed by atoms with Crippen molar-refractivity contribution in [3.8, 4) is 0 Å². The summed E-state index contributed by atoms with van der Waals surface area (Å²) in [6, 6.07) is 3.44. The highest BCUT2D eigenvalue weighted by Crippen LogP contribution is 2.34. The summed E-state index contributed by atoms with van der Waals surface area (Å²) in [5, 5.41) is 3.14. The van der Waals surface area contributed by atoms with Crippen LogP contribution in [-0.2, 0) is 9.59 Å². The van der Waals surface area contributed by atoms with E-state index in [0.717, 1.165) is 20.2 Å². The number of nitrogens with zero attached hydrogens (tertiary/aromatic N) is 1. The fraction of sp³-hybridized carbons (Fsp3) is 0.385. The minimum absolute atomic E-state index is 0.121. The van der Waals surface area contributed by atoms with Gasteiger partial charge in [-0.15, -0.1) is 0 Å². The molecule has 1 heterocycles. The van der Waals surface area contributed by atoms with Crippen molar-refractivity contribution in [1.82, 2.24) is 4.90 Å². The Morgan fingerprint density at radius 3 is 2.37 bits per heavy atom. The predicted molar refractivity (Wildman–Crippen MR) is 81.0 cm³/mol. The van der Waals surface area contributed by atoms with Gasteiger partial charge in [0.2, 0.25) is 5.91 Å². The van der Waals surface area contributed by atoms with Crippen molar-refractivity contribution in [2.75, 3.05) is 11.9 Å². The largest absolute Gasteiger partial charge is 0.371 e. The number of halogens is 2. The number of benzene rings is 1. The van der Waals surface area contributed by atoms with Gasteiger partial charge in [0.05, 0.1) is 12.1 Å². The van der Waals surface area contributed by atoms with Crippen molar-refractivity contribution in [3.05, 3.63) is 26.6 Å². The maximum Gasteiger partial charge on any atom is 0.252 e. The van der Waals surface area contributed by atoms with E-state index in [9.17, 15) is 9.59 Å². The number of imide groups is 1. The molecular formula is C13H14Br2N2O2. The fourth-order valence-electron chi connectivity index (χ4n) is 2.14. The standard InChI is InChI=1S/C13H14Br2N2O2/c1-3-17-11(18)6-10(13(17)19)16-12-8(14)4-7(2)5-9(12)15/h4-5,10,16H,3,6H2,1-2H3. The number of likely N-dealkylation sites (tertiary alicyclic amines) is 1. The van der Waals surface area contributed by atoms with Gasteiger partial charge >= 0.3 is 0 Å². The van der Waals surface area contributed by atoms with E-state index >= 15 is 0 Å². The molecule has 1 saturated heterocycles. The van der Waals surface area contributed by atoms with Crippen LogP contribution in [0.5, 0.6) is 0 Å². The average molecular weight is 390 g/mol. The number of hydrogen-bond donors (Lipinski definition) is 1. The first-order valence-electron chi connectivity index (χ1n) is 6.00. The van der Waals surface area contributed by atoms with Gasteiger partial charge in [-0.25, -0.2) is 0 Å². The van der Waals surface area contributed by atoms with Gasteiger partial charge in [0, 0.05) is 15.5 Å². The molecule has 19 heavy (non-hydrogen) atoms. The summed E-state index contributed by atoms with van der Waals surface area (Å²) in [5.74, 6) is -0.281.